The second kappa shape index (κ2) is 8.95. The molecule has 2 aliphatic rings. The van der Waals surface area contributed by atoms with E-state index in [2.05, 4.69) is 10.2 Å². The predicted octanol–water partition coefficient (Wildman–Crippen LogP) is 0.332. The highest BCUT2D eigenvalue weighted by Crippen LogP contribution is 2.21. The Balaban J connectivity index is 1.77. The summed E-state index contributed by atoms with van der Waals surface area (Å²) in [7, 11) is 1.70. The summed E-state index contributed by atoms with van der Waals surface area (Å²) in [4.78, 5) is 2.49. The first-order valence-electron chi connectivity index (χ1n) is 7.96. The van der Waals surface area contributed by atoms with Gasteiger partial charge in [0, 0.05) is 33.4 Å². The van der Waals surface area contributed by atoms with Crippen LogP contribution in [0.5, 0.6) is 0 Å². The summed E-state index contributed by atoms with van der Waals surface area (Å²) in [5.74, 6) is 1.11. The van der Waals surface area contributed by atoms with Crippen molar-refractivity contribution in [2.45, 2.75) is 25.4 Å². The van der Waals surface area contributed by atoms with Crippen molar-refractivity contribution in [3.8, 4) is 0 Å². The van der Waals surface area contributed by atoms with Crippen LogP contribution < -0.4 is 5.32 Å². The fourth-order valence-corrected chi connectivity index (χ4v) is 3.39. The van der Waals surface area contributed by atoms with E-state index in [0.717, 1.165) is 38.5 Å². The molecule has 3 unspecified atom stereocenters. The van der Waals surface area contributed by atoms with E-state index in [0.29, 0.717) is 19.1 Å². The highest BCUT2D eigenvalue weighted by Gasteiger charge is 2.29. The minimum Gasteiger partial charge on any atom is -0.396 e. The Morgan fingerprint density at radius 2 is 2.15 bits per heavy atom. The van der Waals surface area contributed by atoms with Gasteiger partial charge in [0.05, 0.1) is 19.3 Å². The third-order valence-electron chi connectivity index (χ3n) is 4.39. The van der Waals surface area contributed by atoms with Gasteiger partial charge in [0.25, 0.3) is 0 Å². The van der Waals surface area contributed by atoms with Crippen LogP contribution in [0.3, 0.4) is 0 Å². The van der Waals surface area contributed by atoms with Crippen molar-refractivity contribution >= 4 is 0 Å². The lowest BCUT2D eigenvalue weighted by Crippen LogP contribution is -2.48. The number of aliphatic hydroxyl groups is 1. The van der Waals surface area contributed by atoms with Crippen LogP contribution in [0.2, 0.25) is 0 Å². The van der Waals surface area contributed by atoms with E-state index in [1.165, 1.54) is 19.4 Å². The van der Waals surface area contributed by atoms with E-state index in [-0.39, 0.29) is 12.7 Å². The Morgan fingerprint density at radius 1 is 1.25 bits per heavy atom. The van der Waals surface area contributed by atoms with Crippen LogP contribution in [-0.2, 0) is 9.47 Å². The van der Waals surface area contributed by atoms with Crippen LogP contribution in [0.1, 0.15) is 19.3 Å². The summed E-state index contributed by atoms with van der Waals surface area (Å²) in [6.07, 6.45) is 3.82. The van der Waals surface area contributed by atoms with Crippen LogP contribution in [0.15, 0.2) is 0 Å². The van der Waals surface area contributed by atoms with Crippen LogP contribution in [0, 0.1) is 11.8 Å². The van der Waals surface area contributed by atoms with Crippen molar-refractivity contribution in [3.05, 3.63) is 0 Å². The number of piperidine rings is 2. The Bertz CT molecular complexity index is 260. The molecule has 0 saturated carbocycles. The highest BCUT2D eigenvalue weighted by atomic mass is 16.5. The number of aliphatic hydroxyl groups excluding tert-OH is 1. The van der Waals surface area contributed by atoms with Gasteiger partial charge in [-0.15, -0.1) is 0 Å². The summed E-state index contributed by atoms with van der Waals surface area (Å²) >= 11 is 0. The lowest BCUT2D eigenvalue weighted by atomic mass is 9.93. The molecule has 0 aromatic heterocycles. The fraction of sp³-hybridized carbons (Fsp3) is 1.00. The van der Waals surface area contributed by atoms with Crippen molar-refractivity contribution in [1.82, 2.24) is 10.2 Å². The van der Waals surface area contributed by atoms with Gasteiger partial charge in [-0.2, -0.15) is 0 Å². The minimum absolute atomic E-state index is 0.243. The molecule has 0 aromatic rings. The van der Waals surface area contributed by atoms with Gasteiger partial charge >= 0.3 is 0 Å². The number of methoxy groups -OCH3 is 1. The van der Waals surface area contributed by atoms with Crippen molar-refractivity contribution in [1.29, 1.82) is 0 Å². The molecule has 2 heterocycles. The van der Waals surface area contributed by atoms with Gasteiger partial charge in [-0.3, -0.25) is 0 Å². The zero-order valence-corrected chi connectivity index (χ0v) is 12.7. The first-order valence-corrected chi connectivity index (χ1v) is 7.96. The van der Waals surface area contributed by atoms with E-state index in [4.69, 9.17) is 9.47 Å². The van der Waals surface area contributed by atoms with Crippen LogP contribution >= 0.6 is 0 Å². The molecule has 3 atom stereocenters. The van der Waals surface area contributed by atoms with Crippen molar-refractivity contribution in [2.24, 2.45) is 11.8 Å². The highest BCUT2D eigenvalue weighted by molar-refractivity contribution is 4.82. The van der Waals surface area contributed by atoms with Gasteiger partial charge in [0.2, 0.25) is 0 Å². The summed E-state index contributed by atoms with van der Waals surface area (Å²) < 4.78 is 10.9. The third-order valence-corrected chi connectivity index (χ3v) is 4.39. The zero-order chi connectivity index (χ0) is 14.2. The van der Waals surface area contributed by atoms with E-state index < -0.39 is 0 Å². The minimum atomic E-state index is 0.243. The van der Waals surface area contributed by atoms with Crippen LogP contribution in [0.25, 0.3) is 0 Å². The maximum Gasteiger partial charge on any atom is 0.0707 e. The maximum atomic E-state index is 9.48. The summed E-state index contributed by atoms with van der Waals surface area (Å²) in [5, 5.41) is 13.0. The number of hydrogen-bond donors (Lipinski definition) is 2. The molecule has 2 rings (SSSR count). The Labute approximate surface area is 122 Å². The average molecular weight is 286 g/mol. The molecular formula is C15H30N2O3. The van der Waals surface area contributed by atoms with Gasteiger partial charge in [0.1, 0.15) is 0 Å². The molecule has 0 bridgehead atoms. The SMILES string of the molecule is COCCOC1CC(CO)CN(CC2CCCNC2)C1. The third kappa shape index (κ3) is 5.30. The number of ether oxygens (including phenoxy) is 2. The molecule has 0 radical (unpaired) electrons. The summed E-state index contributed by atoms with van der Waals surface area (Å²) in [5.41, 5.74) is 0. The molecule has 2 aliphatic heterocycles. The van der Waals surface area contributed by atoms with E-state index in [1.54, 1.807) is 7.11 Å². The molecule has 0 spiro atoms. The Kier molecular flexibility index (Phi) is 7.24. The second-order valence-electron chi connectivity index (χ2n) is 6.20. The Morgan fingerprint density at radius 3 is 2.85 bits per heavy atom. The molecule has 0 aromatic carbocycles. The molecule has 0 aliphatic carbocycles. The molecule has 2 fully saturated rings. The molecule has 2 N–H and O–H groups in total. The first-order chi connectivity index (χ1) is 9.81. The monoisotopic (exact) mass is 286 g/mol. The van der Waals surface area contributed by atoms with E-state index in [1.807, 2.05) is 0 Å². The molecule has 2 saturated heterocycles. The van der Waals surface area contributed by atoms with E-state index >= 15 is 0 Å². The maximum absolute atomic E-state index is 9.48. The molecule has 5 nitrogen and oxygen atoms in total. The first kappa shape index (κ1) is 16.2. The topological polar surface area (TPSA) is 54.0 Å². The normalized spacial score (nSPS) is 32.4. The molecule has 0 amide bonds. The van der Waals surface area contributed by atoms with Gasteiger partial charge in [-0.25, -0.2) is 0 Å². The van der Waals surface area contributed by atoms with Gasteiger partial charge in [0.15, 0.2) is 0 Å². The number of nitrogens with one attached hydrogen (secondary N) is 1. The van der Waals surface area contributed by atoms with Crippen molar-refractivity contribution < 1.29 is 14.6 Å². The fourth-order valence-electron chi connectivity index (χ4n) is 3.39. The number of likely N-dealkylation sites (tertiary alicyclic amines) is 1. The van der Waals surface area contributed by atoms with Gasteiger partial charge in [-0.05, 0) is 44.2 Å². The second-order valence-corrected chi connectivity index (χ2v) is 6.20. The average Bonchev–Trinajstić information content (AvgIpc) is 2.48. The lowest BCUT2D eigenvalue weighted by Gasteiger charge is -2.39. The van der Waals surface area contributed by atoms with Gasteiger partial charge < -0.3 is 24.8 Å². The molecule has 20 heavy (non-hydrogen) atoms. The number of nitrogens with zero attached hydrogens (tertiary/aromatic N) is 1. The summed E-state index contributed by atoms with van der Waals surface area (Å²) in [6, 6.07) is 0. The van der Waals surface area contributed by atoms with Crippen molar-refractivity contribution in [2.75, 3.05) is 59.7 Å². The molecular weight excluding hydrogens is 256 g/mol. The standard InChI is InChI=1S/C15H30N2O3/c1-19-5-6-20-15-7-14(12-18)10-17(11-15)9-13-3-2-4-16-8-13/h13-16,18H,2-12H2,1H3. The lowest BCUT2D eigenvalue weighted by molar-refractivity contribution is -0.0468. The number of hydrogen-bond acceptors (Lipinski definition) is 5. The van der Waals surface area contributed by atoms with Crippen LogP contribution in [-0.4, -0.2) is 75.8 Å². The Hall–Kier alpha value is -0.200. The smallest absolute Gasteiger partial charge is 0.0707 e. The largest absolute Gasteiger partial charge is 0.396 e. The predicted molar refractivity (Wildman–Crippen MR) is 78.8 cm³/mol. The van der Waals surface area contributed by atoms with Crippen LogP contribution in [0.4, 0.5) is 0 Å². The quantitative estimate of drug-likeness (QED) is 0.661. The van der Waals surface area contributed by atoms with Crippen molar-refractivity contribution in [3.63, 3.8) is 0 Å². The van der Waals surface area contributed by atoms with Gasteiger partial charge in [-0.1, -0.05) is 0 Å². The molecule has 5 heteroatoms. The zero-order valence-electron chi connectivity index (χ0n) is 12.7. The number of rotatable bonds is 7. The molecule has 118 valence electrons. The van der Waals surface area contributed by atoms with E-state index in [9.17, 15) is 5.11 Å². The summed E-state index contributed by atoms with van der Waals surface area (Å²) in [6.45, 7) is 7.00.